The molecule has 1 unspecified atom stereocenters. The summed E-state index contributed by atoms with van der Waals surface area (Å²) >= 11 is 5.83. The molecule has 0 saturated heterocycles. The van der Waals surface area contributed by atoms with Gasteiger partial charge < -0.3 is 4.74 Å². The van der Waals surface area contributed by atoms with Crippen LogP contribution in [0.5, 0.6) is 0 Å². The zero-order chi connectivity index (χ0) is 11.4. The number of nitrogens with two attached hydrogens (primary N) is 1. The van der Waals surface area contributed by atoms with Gasteiger partial charge in [-0.2, -0.15) is 5.10 Å². The predicted molar refractivity (Wildman–Crippen MR) is 55.2 cm³/mol. The highest BCUT2D eigenvalue weighted by molar-refractivity contribution is 6.31. The van der Waals surface area contributed by atoms with Crippen LogP contribution in [-0.4, -0.2) is 29.4 Å². The first-order valence-electron chi connectivity index (χ1n) is 4.30. The van der Waals surface area contributed by atoms with Crippen LogP contribution >= 0.6 is 11.6 Å². The zero-order valence-corrected chi connectivity index (χ0v) is 9.28. The van der Waals surface area contributed by atoms with Crippen LogP contribution in [-0.2, 0) is 9.53 Å². The lowest BCUT2D eigenvalue weighted by atomic mass is 10.3. The number of halogens is 1. The van der Waals surface area contributed by atoms with Gasteiger partial charge in [-0.15, -0.1) is 0 Å². The van der Waals surface area contributed by atoms with E-state index >= 15 is 0 Å². The van der Waals surface area contributed by atoms with Gasteiger partial charge in [-0.1, -0.05) is 11.6 Å². The van der Waals surface area contributed by atoms with E-state index in [9.17, 15) is 4.79 Å². The van der Waals surface area contributed by atoms with E-state index in [0.29, 0.717) is 10.7 Å². The lowest BCUT2D eigenvalue weighted by molar-refractivity contribution is -0.126. The topological polar surface area (TPSA) is 82.2 Å². The molecule has 0 aliphatic carbocycles. The lowest BCUT2D eigenvalue weighted by Crippen LogP contribution is -2.39. The van der Waals surface area contributed by atoms with Gasteiger partial charge in [-0.05, 0) is 6.92 Å². The molecule has 0 aliphatic heterocycles. The third-order valence-corrected chi connectivity index (χ3v) is 2.32. The van der Waals surface area contributed by atoms with Gasteiger partial charge in [0.15, 0.2) is 6.04 Å². The van der Waals surface area contributed by atoms with Gasteiger partial charge in [0.1, 0.15) is 0 Å². The summed E-state index contributed by atoms with van der Waals surface area (Å²) in [6.45, 7) is 1.93. The molecule has 0 spiro atoms. The summed E-state index contributed by atoms with van der Waals surface area (Å²) in [5.74, 6) is 4.68. The van der Waals surface area contributed by atoms with E-state index < -0.39 is 6.04 Å². The van der Waals surface area contributed by atoms with Gasteiger partial charge in [0.2, 0.25) is 0 Å². The Bertz CT molecular complexity index is 333. The van der Waals surface area contributed by atoms with Crippen LogP contribution in [0.1, 0.15) is 11.7 Å². The number of amides is 1. The van der Waals surface area contributed by atoms with Crippen LogP contribution in [0.15, 0.2) is 6.20 Å². The fourth-order valence-electron chi connectivity index (χ4n) is 1.15. The number of methoxy groups -OCH3 is 1. The minimum atomic E-state index is -0.605. The van der Waals surface area contributed by atoms with E-state index in [0.717, 1.165) is 0 Å². The van der Waals surface area contributed by atoms with E-state index in [1.807, 2.05) is 0 Å². The molecular formula is C8H13ClN4O2. The third kappa shape index (κ3) is 2.68. The molecule has 0 aliphatic rings. The Morgan fingerprint density at radius 1 is 1.87 bits per heavy atom. The highest BCUT2D eigenvalue weighted by Gasteiger charge is 2.21. The van der Waals surface area contributed by atoms with Crippen molar-refractivity contribution in [1.82, 2.24) is 15.2 Å². The molecule has 1 rings (SSSR count). The number of aryl methyl sites for hydroxylation is 1. The molecule has 6 nitrogen and oxygen atoms in total. The highest BCUT2D eigenvalue weighted by Crippen LogP contribution is 2.16. The Balaban J connectivity index is 2.93. The number of ether oxygens (including phenoxy) is 1. The van der Waals surface area contributed by atoms with Gasteiger partial charge >= 0.3 is 0 Å². The number of nitrogens with one attached hydrogen (secondary N) is 1. The van der Waals surface area contributed by atoms with E-state index in [1.54, 1.807) is 13.1 Å². The molecule has 1 atom stereocenters. The quantitative estimate of drug-likeness (QED) is 0.436. The van der Waals surface area contributed by atoms with Crippen LogP contribution in [0.2, 0.25) is 5.02 Å². The molecule has 1 aromatic rings. The number of carbonyl (C=O) groups is 1. The average Bonchev–Trinajstić information content (AvgIpc) is 2.54. The number of nitrogens with zero attached hydrogens (tertiary/aromatic N) is 2. The predicted octanol–water partition coefficient (Wildman–Crippen LogP) is 0.0223. The maximum absolute atomic E-state index is 11.4. The fraction of sp³-hybridized carbons (Fsp3) is 0.500. The van der Waals surface area contributed by atoms with Gasteiger partial charge in [0.25, 0.3) is 5.91 Å². The molecular weight excluding hydrogens is 220 g/mol. The van der Waals surface area contributed by atoms with Gasteiger partial charge in [0.05, 0.1) is 17.3 Å². The number of hydrazine groups is 1. The van der Waals surface area contributed by atoms with Crippen molar-refractivity contribution >= 4 is 17.5 Å². The minimum absolute atomic E-state index is 0.181. The second kappa shape index (κ2) is 5.11. The first-order chi connectivity index (χ1) is 7.10. The number of rotatable bonds is 4. The summed E-state index contributed by atoms with van der Waals surface area (Å²) in [6, 6.07) is -0.605. The Labute approximate surface area is 92.3 Å². The van der Waals surface area contributed by atoms with Crippen molar-refractivity contribution in [2.24, 2.45) is 5.84 Å². The summed E-state index contributed by atoms with van der Waals surface area (Å²) in [4.78, 5) is 11.4. The largest absolute Gasteiger partial charge is 0.382 e. The van der Waals surface area contributed by atoms with Crippen molar-refractivity contribution in [3.05, 3.63) is 16.9 Å². The summed E-state index contributed by atoms with van der Waals surface area (Å²) in [6.07, 6.45) is 1.57. The van der Waals surface area contributed by atoms with Crippen LogP contribution in [0.3, 0.4) is 0 Å². The third-order valence-electron chi connectivity index (χ3n) is 1.95. The van der Waals surface area contributed by atoms with Crippen molar-refractivity contribution in [3.63, 3.8) is 0 Å². The number of hydrogen-bond acceptors (Lipinski definition) is 4. The molecule has 7 heteroatoms. The maximum Gasteiger partial charge on any atom is 0.261 e. The Hall–Kier alpha value is -1.11. The minimum Gasteiger partial charge on any atom is -0.382 e. The number of hydrogen-bond donors (Lipinski definition) is 2. The van der Waals surface area contributed by atoms with E-state index in [4.69, 9.17) is 22.2 Å². The van der Waals surface area contributed by atoms with Gasteiger partial charge in [0, 0.05) is 13.3 Å². The van der Waals surface area contributed by atoms with Crippen LogP contribution in [0, 0.1) is 6.92 Å². The Kier molecular flexibility index (Phi) is 4.07. The molecule has 0 radical (unpaired) electrons. The molecule has 0 fully saturated rings. The Morgan fingerprint density at radius 2 is 2.53 bits per heavy atom. The second-order valence-corrected chi connectivity index (χ2v) is 3.43. The van der Waals surface area contributed by atoms with Gasteiger partial charge in [-0.25, -0.2) is 5.84 Å². The summed E-state index contributed by atoms with van der Waals surface area (Å²) < 4.78 is 6.34. The van der Waals surface area contributed by atoms with Crippen molar-refractivity contribution in [2.45, 2.75) is 13.0 Å². The monoisotopic (exact) mass is 232 g/mol. The smallest absolute Gasteiger partial charge is 0.261 e. The second-order valence-electron chi connectivity index (χ2n) is 3.02. The molecule has 0 bridgehead atoms. The van der Waals surface area contributed by atoms with Crippen LogP contribution in [0.4, 0.5) is 0 Å². The first-order valence-corrected chi connectivity index (χ1v) is 4.68. The van der Waals surface area contributed by atoms with Crippen molar-refractivity contribution < 1.29 is 9.53 Å². The summed E-state index contributed by atoms with van der Waals surface area (Å²) in [5, 5.41) is 4.59. The average molecular weight is 233 g/mol. The van der Waals surface area contributed by atoms with Crippen molar-refractivity contribution in [1.29, 1.82) is 0 Å². The maximum atomic E-state index is 11.4. The standard InChI is InChI=1S/C8H13ClN4O2/c1-5-6(9)3-13(12-5)7(4-15-2)8(14)11-10/h3,7H,4,10H2,1-2H3,(H,11,14). The molecule has 15 heavy (non-hydrogen) atoms. The molecule has 0 saturated carbocycles. The van der Waals surface area contributed by atoms with Crippen molar-refractivity contribution in [2.75, 3.05) is 13.7 Å². The summed E-state index contributed by atoms with van der Waals surface area (Å²) in [5.41, 5.74) is 2.71. The number of aromatic nitrogens is 2. The Morgan fingerprint density at radius 3 is 2.93 bits per heavy atom. The van der Waals surface area contributed by atoms with Crippen molar-refractivity contribution in [3.8, 4) is 0 Å². The molecule has 84 valence electrons. The first kappa shape index (κ1) is 12.0. The normalized spacial score (nSPS) is 12.5. The molecule has 1 amide bonds. The number of carbonyl (C=O) groups excluding carboxylic acids is 1. The van der Waals surface area contributed by atoms with E-state index in [1.165, 1.54) is 11.8 Å². The van der Waals surface area contributed by atoms with Gasteiger partial charge in [-0.3, -0.25) is 14.9 Å². The lowest BCUT2D eigenvalue weighted by Gasteiger charge is -2.14. The zero-order valence-electron chi connectivity index (χ0n) is 8.53. The fourth-order valence-corrected chi connectivity index (χ4v) is 1.28. The highest BCUT2D eigenvalue weighted by atomic mass is 35.5. The summed E-state index contributed by atoms with van der Waals surface area (Å²) in [7, 11) is 1.49. The molecule has 3 N–H and O–H groups in total. The van der Waals surface area contributed by atoms with E-state index in [-0.39, 0.29) is 12.5 Å². The SMILES string of the molecule is COCC(C(=O)NN)n1cc(Cl)c(C)n1. The molecule has 0 aromatic carbocycles. The van der Waals surface area contributed by atoms with Crippen LogP contribution < -0.4 is 11.3 Å². The van der Waals surface area contributed by atoms with E-state index in [2.05, 4.69) is 10.5 Å². The van der Waals surface area contributed by atoms with Crippen LogP contribution in [0.25, 0.3) is 0 Å². The molecule has 1 heterocycles. The molecule has 1 aromatic heterocycles.